The molecule has 0 atom stereocenters. The van der Waals surface area contributed by atoms with Crippen LogP contribution in [0.2, 0.25) is 0 Å². The molecule has 118 valence electrons. The lowest BCUT2D eigenvalue weighted by Crippen LogP contribution is -2.41. The predicted molar refractivity (Wildman–Crippen MR) is 88.5 cm³/mol. The van der Waals surface area contributed by atoms with E-state index >= 15 is 0 Å². The summed E-state index contributed by atoms with van der Waals surface area (Å²) in [6.45, 7) is 12.3. The fourth-order valence-electron chi connectivity index (χ4n) is 3.03. The summed E-state index contributed by atoms with van der Waals surface area (Å²) in [7, 11) is -0.389. The Morgan fingerprint density at radius 3 is 2.27 bits per heavy atom. The van der Waals surface area contributed by atoms with E-state index < -0.39 is 0 Å². The van der Waals surface area contributed by atoms with Crippen LogP contribution in [0.1, 0.15) is 47.1 Å². The number of nitrogens with zero attached hydrogens (tertiary/aromatic N) is 1. The van der Waals surface area contributed by atoms with E-state index in [1.807, 2.05) is 64.6 Å². The average molecular weight is 301 g/mol. The monoisotopic (exact) mass is 301 g/mol. The van der Waals surface area contributed by atoms with Gasteiger partial charge in [0.25, 0.3) is 0 Å². The minimum Gasteiger partial charge on any atom is -0.399 e. The molecule has 5 heteroatoms. The van der Waals surface area contributed by atoms with Crippen molar-refractivity contribution in [3.8, 4) is 0 Å². The number of carbonyl (C=O) groups excluding carboxylic acids is 1. The van der Waals surface area contributed by atoms with Crippen molar-refractivity contribution in [2.75, 3.05) is 4.90 Å². The van der Waals surface area contributed by atoms with Crippen LogP contribution < -0.4 is 10.4 Å². The Labute approximate surface area is 132 Å². The molecule has 0 bridgehead atoms. The van der Waals surface area contributed by atoms with Crippen molar-refractivity contribution in [1.29, 1.82) is 0 Å². The number of amides is 1. The normalized spacial score (nSPS) is 22.6. The Hall–Kier alpha value is -1.33. The summed E-state index contributed by atoms with van der Waals surface area (Å²) in [5.74, 6) is 0.163. The van der Waals surface area contributed by atoms with Crippen LogP contribution in [0, 0.1) is 0 Å². The van der Waals surface area contributed by atoms with Crippen LogP contribution in [0.5, 0.6) is 0 Å². The van der Waals surface area contributed by atoms with E-state index in [0.29, 0.717) is 6.42 Å². The van der Waals surface area contributed by atoms with Crippen LogP contribution in [0.15, 0.2) is 18.2 Å². The van der Waals surface area contributed by atoms with Gasteiger partial charge in [0.2, 0.25) is 5.91 Å². The minimum atomic E-state index is -0.389. The van der Waals surface area contributed by atoms with Gasteiger partial charge in [0.1, 0.15) is 0 Å². The van der Waals surface area contributed by atoms with E-state index in [4.69, 9.17) is 9.31 Å². The molecule has 1 fully saturated rings. The molecular formula is C17H24BNO3. The standard InChI is InChI=1S/C17H24BNO3/c1-11(2)19-14-10-13(8-7-12(14)9-15(19)20)18-21-16(3,4)17(5,6)22-18/h7-8,10-11H,9H2,1-6H3. The van der Waals surface area contributed by atoms with E-state index in [9.17, 15) is 4.79 Å². The van der Waals surface area contributed by atoms with E-state index in [1.54, 1.807) is 0 Å². The van der Waals surface area contributed by atoms with Gasteiger partial charge >= 0.3 is 7.12 Å². The maximum Gasteiger partial charge on any atom is 0.494 e. The fourth-order valence-corrected chi connectivity index (χ4v) is 3.03. The first kappa shape index (κ1) is 15.6. The molecule has 2 aliphatic heterocycles. The minimum absolute atomic E-state index is 0.155. The second-order valence-electron chi connectivity index (χ2n) is 7.51. The summed E-state index contributed by atoms with van der Waals surface area (Å²) in [5, 5.41) is 0. The molecule has 1 aromatic rings. The Kier molecular flexibility index (Phi) is 3.42. The quantitative estimate of drug-likeness (QED) is 0.787. The molecule has 1 saturated heterocycles. The first-order valence-electron chi connectivity index (χ1n) is 7.93. The molecule has 4 nitrogen and oxygen atoms in total. The van der Waals surface area contributed by atoms with Crippen LogP contribution >= 0.6 is 0 Å². The predicted octanol–water partition coefficient (Wildman–Crippen LogP) is 2.28. The van der Waals surface area contributed by atoms with E-state index in [0.717, 1.165) is 16.7 Å². The Morgan fingerprint density at radius 1 is 1.14 bits per heavy atom. The van der Waals surface area contributed by atoms with Crippen LogP contribution in [0.25, 0.3) is 0 Å². The summed E-state index contributed by atoms with van der Waals surface area (Å²) < 4.78 is 12.2. The van der Waals surface area contributed by atoms with Crippen molar-refractivity contribution < 1.29 is 14.1 Å². The molecule has 0 aromatic heterocycles. The molecule has 2 heterocycles. The highest BCUT2D eigenvalue weighted by atomic mass is 16.7. The molecular weight excluding hydrogens is 277 g/mol. The van der Waals surface area contributed by atoms with Gasteiger partial charge in [0, 0.05) is 11.7 Å². The van der Waals surface area contributed by atoms with Gasteiger partial charge < -0.3 is 14.2 Å². The average Bonchev–Trinajstić information content (AvgIpc) is 2.81. The molecule has 0 unspecified atom stereocenters. The molecule has 0 radical (unpaired) electrons. The van der Waals surface area contributed by atoms with Gasteiger partial charge in [0.05, 0.1) is 17.6 Å². The van der Waals surface area contributed by atoms with Crippen molar-refractivity contribution in [2.24, 2.45) is 0 Å². The van der Waals surface area contributed by atoms with Gasteiger partial charge in [-0.1, -0.05) is 12.1 Å². The van der Waals surface area contributed by atoms with Crippen molar-refractivity contribution in [2.45, 2.75) is 65.2 Å². The molecule has 3 rings (SSSR count). The van der Waals surface area contributed by atoms with Crippen molar-refractivity contribution in [1.82, 2.24) is 0 Å². The van der Waals surface area contributed by atoms with Crippen LogP contribution in [-0.2, 0) is 20.5 Å². The smallest absolute Gasteiger partial charge is 0.399 e. The number of carbonyl (C=O) groups is 1. The lowest BCUT2D eigenvalue weighted by atomic mass is 9.78. The van der Waals surface area contributed by atoms with E-state index in [-0.39, 0.29) is 30.3 Å². The molecule has 0 N–H and O–H groups in total. The summed E-state index contributed by atoms with van der Waals surface area (Å²) in [6.07, 6.45) is 0.483. The number of anilines is 1. The second-order valence-corrected chi connectivity index (χ2v) is 7.51. The molecule has 0 saturated carbocycles. The topological polar surface area (TPSA) is 38.8 Å². The molecule has 0 aliphatic carbocycles. The maximum absolute atomic E-state index is 12.2. The van der Waals surface area contributed by atoms with Crippen molar-refractivity contribution in [3.63, 3.8) is 0 Å². The largest absolute Gasteiger partial charge is 0.494 e. The summed E-state index contributed by atoms with van der Waals surface area (Å²) in [6, 6.07) is 6.23. The Balaban J connectivity index is 1.95. The third kappa shape index (κ3) is 2.27. The number of fused-ring (bicyclic) bond motifs is 1. The molecule has 1 amide bonds. The number of hydrogen-bond acceptors (Lipinski definition) is 3. The van der Waals surface area contributed by atoms with Gasteiger partial charge in [-0.25, -0.2) is 0 Å². The fraction of sp³-hybridized carbons (Fsp3) is 0.588. The third-order valence-electron chi connectivity index (χ3n) is 5.02. The lowest BCUT2D eigenvalue weighted by molar-refractivity contribution is -0.117. The lowest BCUT2D eigenvalue weighted by Gasteiger charge is -2.32. The first-order valence-corrected chi connectivity index (χ1v) is 7.93. The Bertz CT molecular complexity index is 608. The summed E-state index contributed by atoms with van der Waals surface area (Å²) >= 11 is 0. The van der Waals surface area contributed by atoms with Crippen molar-refractivity contribution in [3.05, 3.63) is 23.8 Å². The van der Waals surface area contributed by atoms with Crippen LogP contribution in [0.3, 0.4) is 0 Å². The number of rotatable bonds is 2. The highest BCUT2D eigenvalue weighted by molar-refractivity contribution is 6.62. The zero-order chi connectivity index (χ0) is 16.3. The zero-order valence-electron chi connectivity index (χ0n) is 14.3. The highest BCUT2D eigenvalue weighted by Crippen LogP contribution is 2.37. The summed E-state index contributed by atoms with van der Waals surface area (Å²) in [5.41, 5.74) is 2.33. The van der Waals surface area contributed by atoms with Crippen LogP contribution in [0.4, 0.5) is 5.69 Å². The van der Waals surface area contributed by atoms with Gasteiger partial charge in [-0.05, 0) is 58.6 Å². The van der Waals surface area contributed by atoms with Gasteiger partial charge in [-0.3, -0.25) is 4.79 Å². The van der Waals surface area contributed by atoms with E-state index in [2.05, 4.69) is 0 Å². The summed E-state index contributed by atoms with van der Waals surface area (Å²) in [4.78, 5) is 14.0. The highest BCUT2D eigenvalue weighted by Gasteiger charge is 2.52. The van der Waals surface area contributed by atoms with Gasteiger partial charge in [-0.15, -0.1) is 0 Å². The molecule has 2 aliphatic rings. The molecule has 1 aromatic carbocycles. The van der Waals surface area contributed by atoms with Gasteiger partial charge in [0.15, 0.2) is 0 Å². The second kappa shape index (κ2) is 4.83. The molecule has 0 spiro atoms. The maximum atomic E-state index is 12.2. The van der Waals surface area contributed by atoms with Crippen molar-refractivity contribution >= 4 is 24.2 Å². The first-order chi connectivity index (χ1) is 10.1. The number of hydrogen-bond donors (Lipinski definition) is 0. The zero-order valence-corrected chi connectivity index (χ0v) is 14.3. The van der Waals surface area contributed by atoms with Gasteiger partial charge in [-0.2, -0.15) is 0 Å². The van der Waals surface area contributed by atoms with E-state index in [1.165, 1.54) is 0 Å². The van der Waals surface area contributed by atoms with Crippen LogP contribution in [-0.4, -0.2) is 30.3 Å². The SMILES string of the molecule is CC(C)N1C(=O)Cc2ccc(B3OC(C)(C)C(C)(C)O3)cc21. The Morgan fingerprint density at radius 2 is 1.73 bits per heavy atom. The number of benzene rings is 1. The molecule has 22 heavy (non-hydrogen) atoms. The third-order valence-corrected chi connectivity index (χ3v) is 5.02.